The number of carbonyl (C=O) groups excluding carboxylic acids is 1. The maximum atomic E-state index is 12.7. The number of benzene rings is 3. The summed E-state index contributed by atoms with van der Waals surface area (Å²) in [5.74, 6) is -0.303. The Bertz CT molecular complexity index is 1110. The van der Waals surface area contributed by atoms with E-state index in [1.54, 1.807) is 30.8 Å². The van der Waals surface area contributed by atoms with Crippen LogP contribution in [0, 0.1) is 0 Å². The number of amides is 1. The molecule has 2 N–H and O–H groups in total. The number of fused-ring (bicyclic) bond motifs is 2. The van der Waals surface area contributed by atoms with Gasteiger partial charge in [0.05, 0.1) is 21.4 Å². The monoisotopic (exact) mass is 471 g/mol. The van der Waals surface area contributed by atoms with Crippen molar-refractivity contribution in [2.45, 2.75) is 16.7 Å². The summed E-state index contributed by atoms with van der Waals surface area (Å²) in [7, 11) is 0. The zero-order chi connectivity index (χ0) is 22.0. The molecule has 0 bridgehead atoms. The summed E-state index contributed by atoms with van der Waals surface area (Å²) >= 11 is 13.6. The van der Waals surface area contributed by atoms with E-state index < -0.39 is 0 Å². The van der Waals surface area contributed by atoms with Gasteiger partial charge in [-0.2, -0.15) is 0 Å². The molecule has 0 atom stereocenters. The number of hydrogen-bond acceptors (Lipinski definition) is 5. The molecule has 0 radical (unpaired) electrons. The highest BCUT2D eigenvalue weighted by atomic mass is 35.5. The van der Waals surface area contributed by atoms with Crippen molar-refractivity contribution >= 4 is 58.0 Å². The molecule has 0 saturated heterocycles. The van der Waals surface area contributed by atoms with Gasteiger partial charge in [0.15, 0.2) is 5.75 Å². The number of rotatable bonds is 5. The normalized spacial score (nSPS) is 12.9. The maximum absolute atomic E-state index is 12.7. The molecule has 1 aliphatic rings. The SMILES string of the molecule is C/C(=N\CNC(=O)CN1c2ccccc2Sc2ccccc21)c1cc(Cl)c(O)c(Cl)c1. The van der Waals surface area contributed by atoms with Crippen molar-refractivity contribution in [2.75, 3.05) is 18.1 Å². The summed E-state index contributed by atoms with van der Waals surface area (Å²) in [5, 5.41) is 12.8. The van der Waals surface area contributed by atoms with E-state index in [-0.39, 0.29) is 34.9 Å². The van der Waals surface area contributed by atoms with E-state index in [1.165, 1.54) is 0 Å². The highest BCUT2D eigenvalue weighted by Gasteiger charge is 2.24. The second kappa shape index (κ2) is 9.22. The van der Waals surface area contributed by atoms with Gasteiger partial charge in [0.2, 0.25) is 5.91 Å². The number of aliphatic imine (C=N–C) groups is 1. The number of phenols is 1. The molecule has 8 heteroatoms. The molecule has 3 aromatic rings. The van der Waals surface area contributed by atoms with Gasteiger partial charge in [-0.1, -0.05) is 59.2 Å². The molecule has 5 nitrogen and oxygen atoms in total. The number of carbonyl (C=O) groups is 1. The van der Waals surface area contributed by atoms with Gasteiger partial charge in [-0.15, -0.1) is 0 Å². The van der Waals surface area contributed by atoms with Crippen molar-refractivity contribution < 1.29 is 9.90 Å². The van der Waals surface area contributed by atoms with Crippen LogP contribution in [0.1, 0.15) is 12.5 Å². The fourth-order valence-corrected chi connectivity index (χ4v) is 4.85. The lowest BCUT2D eigenvalue weighted by Gasteiger charge is -2.32. The molecule has 0 aromatic heterocycles. The molecule has 0 saturated carbocycles. The van der Waals surface area contributed by atoms with Gasteiger partial charge in [-0.3, -0.25) is 9.79 Å². The molecule has 0 aliphatic carbocycles. The molecule has 158 valence electrons. The lowest BCUT2D eigenvalue weighted by molar-refractivity contribution is -0.119. The Kier molecular flexibility index (Phi) is 6.41. The first kappa shape index (κ1) is 21.6. The first-order valence-corrected chi connectivity index (χ1v) is 11.1. The average molecular weight is 472 g/mol. The summed E-state index contributed by atoms with van der Waals surface area (Å²) in [4.78, 5) is 21.3. The quantitative estimate of drug-likeness (QED) is 0.455. The van der Waals surface area contributed by atoms with Crippen LogP contribution in [0.25, 0.3) is 0 Å². The molecule has 1 amide bonds. The lowest BCUT2D eigenvalue weighted by Crippen LogP contribution is -2.36. The molecule has 3 aromatic carbocycles. The molecule has 1 heterocycles. The number of para-hydroxylation sites is 2. The molecule has 4 rings (SSSR count). The third-order valence-electron chi connectivity index (χ3n) is 4.86. The highest BCUT2D eigenvalue weighted by Crippen LogP contribution is 2.47. The van der Waals surface area contributed by atoms with Gasteiger partial charge < -0.3 is 15.3 Å². The number of nitrogens with one attached hydrogen (secondary N) is 1. The maximum Gasteiger partial charge on any atom is 0.241 e. The minimum atomic E-state index is -0.159. The Morgan fingerprint density at radius 3 is 2.16 bits per heavy atom. The van der Waals surface area contributed by atoms with Crippen molar-refractivity contribution in [1.82, 2.24) is 5.32 Å². The summed E-state index contributed by atoms with van der Waals surface area (Å²) in [6, 6.07) is 19.3. The van der Waals surface area contributed by atoms with Crippen molar-refractivity contribution in [3.05, 3.63) is 76.3 Å². The average Bonchev–Trinajstić information content (AvgIpc) is 2.76. The Morgan fingerprint density at radius 1 is 1.03 bits per heavy atom. The molecular formula is C23H19Cl2N3O2S. The Labute approximate surface area is 194 Å². The summed E-state index contributed by atoms with van der Waals surface area (Å²) in [6.07, 6.45) is 0. The molecule has 1 aliphatic heterocycles. The van der Waals surface area contributed by atoms with Gasteiger partial charge in [0, 0.05) is 15.5 Å². The molecular weight excluding hydrogens is 453 g/mol. The third kappa shape index (κ3) is 4.66. The van der Waals surface area contributed by atoms with Crippen molar-refractivity contribution in [3.63, 3.8) is 0 Å². The van der Waals surface area contributed by atoms with Crippen LogP contribution in [0.4, 0.5) is 11.4 Å². The molecule has 31 heavy (non-hydrogen) atoms. The fourth-order valence-electron chi connectivity index (χ4n) is 3.26. The van der Waals surface area contributed by atoms with Gasteiger partial charge >= 0.3 is 0 Å². The standard InChI is InChI=1S/C23H19Cl2N3O2S/c1-14(15-10-16(24)23(30)17(25)11-15)26-13-27-22(29)12-28-18-6-2-4-8-20(18)31-21-9-5-3-7-19(21)28/h2-11,30H,12-13H2,1H3,(H,27,29)/b26-14+. The van der Waals surface area contributed by atoms with Crippen LogP contribution in [0.5, 0.6) is 5.75 Å². The number of halogens is 2. The second-order valence-electron chi connectivity index (χ2n) is 6.91. The van der Waals surface area contributed by atoms with Crippen molar-refractivity contribution in [2.24, 2.45) is 4.99 Å². The first-order chi connectivity index (χ1) is 14.9. The van der Waals surface area contributed by atoms with E-state index in [1.807, 2.05) is 41.3 Å². The number of anilines is 2. The first-order valence-electron chi connectivity index (χ1n) is 9.53. The molecule has 0 spiro atoms. The van der Waals surface area contributed by atoms with Crippen LogP contribution in [0.2, 0.25) is 10.0 Å². The summed E-state index contributed by atoms with van der Waals surface area (Å²) < 4.78 is 0. The van der Waals surface area contributed by atoms with E-state index in [9.17, 15) is 9.90 Å². The zero-order valence-electron chi connectivity index (χ0n) is 16.6. The van der Waals surface area contributed by atoms with Gasteiger partial charge in [-0.05, 0) is 48.9 Å². The second-order valence-corrected chi connectivity index (χ2v) is 8.81. The predicted molar refractivity (Wildman–Crippen MR) is 127 cm³/mol. The van der Waals surface area contributed by atoms with Crippen LogP contribution in [-0.2, 0) is 4.79 Å². The van der Waals surface area contributed by atoms with Crippen LogP contribution < -0.4 is 10.2 Å². The number of aromatic hydroxyl groups is 1. The highest BCUT2D eigenvalue weighted by molar-refractivity contribution is 7.99. The number of nitrogens with zero attached hydrogens (tertiary/aromatic N) is 2. The van der Waals surface area contributed by atoms with Crippen LogP contribution in [0.3, 0.4) is 0 Å². The number of phenolic OH excluding ortho intramolecular Hbond substituents is 1. The van der Waals surface area contributed by atoms with Gasteiger partial charge in [0.25, 0.3) is 0 Å². The largest absolute Gasteiger partial charge is 0.505 e. The zero-order valence-corrected chi connectivity index (χ0v) is 18.9. The van der Waals surface area contributed by atoms with E-state index in [0.29, 0.717) is 11.3 Å². The summed E-state index contributed by atoms with van der Waals surface area (Å²) in [5.41, 5.74) is 3.34. The molecule has 0 fully saturated rings. The lowest BCUT2D eigenvalue weighted by atomic mass is 10.1. The van der Waals surface area contributed by atoms with E-state index in [0.717, 1.165) is 21.2 Å². The van der Waals surface area contributed by atoms with Gasteiger partial charge in [-0.25, -0.2) is 0 Å². The van der Waals surface area contributed by atoms with E-state index in [4.69, 9.17) is 23.2 Å². The van der Waals surface area contributed by atoms with Crippen LogP contribution in [-0.4, -0.2) is 29.9 Å². The Morgan fingerprint density at radius 2 is 1.58 bits per heavy atom. The topological polar surface area (TPSA) is 64.9 Å². The van der Waals surface area contributed by atoms with Crippen LogP contribution >= 0.6 is 35.0 Å². The number of hydrogen-bond donors (Lipinski definition) is 2. The Balaban J connectivity index is 1.46. The van der Waals surface area contributed by atoms with Gasteiger partial charge in [0.1, 0.15) is 13.2 Å². The molecule has 0 unspecified atom stereocenters. The minimum Gasteiger partial charge on any atom is -0.505 e. The fraction of sp³-hybridized carbons (Fsp3) is 0.130. The minimum absolute atomic E-state index is 0.118. The van der Waals surface area contributed by atoms with E-state index >= 15 is 0 Å². The van der Waals surface area contributed by atoms with E-state index in [2.05, 4.69) is 22.4 Å². The summed E-state index contributed by atoms with van der Waals surface area (Å²) in [6.45, 7) is 2.09. The van der Waals surface area contributed by atoms with Crippen molar-refractivity contribution in [3.8, 4) is 5.75 Å². The van der Waals surface area contributed by atoms with Crippen molar-refractivity contribution in [1.29, 1.82) is 0 Å². The smallest absolute Gasteiger partial charge is 0.241 e. The predicted octanol–water partition coefficient (Wildman–Crippen LogP) is 5.88. The Hall–Kier alpha value is -2.67. The third-order valence-corrected chi connectivity index (χ3v) is 6.57. The van der Waals surface area contributed by atoms with Crippen LogP contribution in [0.15, 0.2) is 75.4 Å².